The summed E-state index contributed by atoms with van der Waals surface area (Å²) in [5.74, 6) is 6.69. The van der Waals surface area contributed by atoms with Gasteiger partial charge in [0.05, 0.1) is 6.61 Å². The van der Waals surface area contributed by atoms with Gasteiger partial charge in [-0.15, -0.1) is 0 Å². The van der Waals surface area contributed by atoms with Crippen molar-refractivity contribution in [2.75, 3.05) is 6.61 Å². The number of aryl methyl sites for hydroxylation is 1. The maximum Gasteiger partial charge on any atom is 0.129 e. The van der Waals surface area contributed by atoms with Crippen molar-refractivity contribution >= 4 is 11.6 Å². The van der Waals surface area contributed by atoms with E-state index in [9.17, 15) is 0 Å². The normalized spacial score (nSPS) is 14.6. The van der Waals surface area contributed by atoms with Gasteiger partial charge in [-0.1, -0.05) is 29.8 Å². The SMILES string of the molecule is NNC(CCc1ccc2c(c1)CCO2)c1ccc(Cl)nc1. The molecular formula is C16H18ClN3O. The molecule has 0 bridgehead atoms. The smallest absolute Gasteiger partial charge is 0.129 e. The van der Waals surface area contributed by atoms with Crippen LogP contribution in [0.5, 0.6) is 5.75 Å². The molecule has 21 heavy (non-hydrogen) atoms. The van der Waals surface area contributed by atoms with Crippen LogP contribution >= 0.6 is 11.6 Å². The molecule has 1 aromatic carbocycles. The Morgan fingerprint density at radius 3 is 3.00 bits per heavy atom. The molecule has 0 fully saturated rings. The summed E-state index contributed by atoms with van der Waals surface area (Å²) in [4.78, 5) is 4.10. The summed E-state index contributed by atoms with van der Waals surface area (Å²) in [5.41, 5.74) is 6.51. The molecule has 1 aliphatic rings. The van der Waals surface area contributed by atoms with Crippen LogP contribution in [0.25, 0.3) is 0 Å². The first-order valence-corrected chi connectivity index (χ1v) is 7.46. The first-order valence-electron chi connectivity index (χ1n) is 7.08. The number of halogens is 1. The van der Waals surface area contributed by atoms with Gasteiger partial charge in [0.25, 0.3) is 0 Å². The molecule has 1 atom stereocenters. The van der Waals surface area contributed by atoms with E-state index in [1.807, 2.05) is 6.07 Å². The lowest BCUT2D eigenvalue weighted by Gasteiger charge is -2.16. The van der Waals surface area contributed by atoms with E-state index < -0.39 is 0 Å². The minimum absolute atomic E-state index is 0.0688. The molecule has 0 spiro atoms. The Bertz CT molecular complexity index is 615. The molecule has 0 aliphatic carbocycles. The quantitative estimate of drug-likeness (QED) is 0.506. The molecule has 2 heterocycles. The lowest BCUT2D eigenvalue weighted by Crippen LogP contribution is -2.28. The second-order valence-corrected chi connectivity index (χ2v) is 5.60. The molecule has 0 radical (unpaired) electrons. The molecule has 110 valence electrons. The molecule has 0 saturated carbocycles. The number of hydrogen-bond acceptors (Lipinski definition) is 4. The average Bonchev–Trinajstić information content (AvgIpc) is 2.97. The van der Waals surface area contributed by atoms with Gasteiger partial charge in [0.2, 0.25) is 0 Å². The number of nitrogens with zero attached hydrogens (tertiary/aromatic N) is 1. The van der Waals surface area contributed by atoms with Crippen LogP contribution in [0, 0.1) is 0 Å². The highest BCUT2D eigenvalue weighted by Gasteiger charge is 2.14. The Labute approximate surface area is 129 Å². The van der Waals surface area contributed by atoms with Gasteiger partial charge < -0.3 is 4.74 Å². The highest BCUT2D eigenvalue weighted by atomic mass is 35.5. The van der Waals surface area contributed by atoms with Crippen molar-refractivity contribution in [3.63, 3.8) is 0 Å². The number of nitrogens with one attached hydrogen (secondary N) is 1. The third-order valence-electron chi connectivity index (χ3n) is 3.83. The van der Waals surface area contributed by atoms with Crippen LogP contribution in [0.3, 0.4) is 0 Å². The van der Waals surface area contributed by atoms with E-state index in [-0.39, 0.29) is 6.04 Å². The van der Waals surface area contributed by atoms with Crippen LogP contribution in [0.1, 0.15) is 29.2 Å². The molecule has 1 aromatic heterocycles. The molecule has 0 amide bonds. The second-order valence-electron chi connectivity index (χ2n) is 5.21. The van der Waals surface area contributed by atoms with Gasteiger partial charge >= 0.3 is 0 Å². The number of aromatic nitrogens is 1. The predicted octanol–water partition coefficient (Wildman–Crippen LogP) is 2.81. The van der Waals surface area contributed by atoms with Gasteiger partial charge in [0.15, 0.2) is 0 Å². The van der Waals surface area contributed by atoms with Crippen LogP contribution in [0.2, 0.25) is 5.15 Å². The van der Waals surface area contributed by atoms with Gasteiger partial charge in [-0.05, 0) is 41.7 Å². The van der Waals surface area contributed by atoms with Crippen LogP contribution in [-0.2, 0) is 12.8 Å². The molecule has 2 aromatic rings. The third kappa shape index (κ3) is 3.35. The predicted molar refractivity (Wildman–Crippen MR) is 83.3 cm³/mol. The largest absolute Gasteiger partial charge is 0.493 e. The summed E-state index contributed by atoms with van der Waals surface area (Å²) in [7, 11) is 0. The summed E-state index contributed by atoms with van der Waals surface area (Å²) in [6.45, 7) is 0.794. The number of rotatable bonds is 5. The van der Waals surface area contributed by atoms with Gasteiger partial charge in [-0.2, -0.15) is 0 Å². The number of fused-ring (bicyclic) bond motifs is 1. The maximum absolute atomic E-state index is 5.81. The molecule has 4 nitrogen and oxygen atoms in total. The first kappa shape index (κ1) is 14.3. The standard InChI is InChI=1S/C16H18ClN3O/c17-16-6-3-13(10-19-16)14(20-18)4-1-11-2-5-15-12(9-11)7-8-21-15/h2-3,5-6,9-10,14,20H,1,4,7-8,18H2. The number of benzene rings is 1. The topological polar surface area (TPSA) is 60.2 Å². The van der Waals surface area contributed by atoms with Crippen LogP contribution in [0.15, 0.2) is 36.5 Å². The van der Waals surface area contributed by atoms with E-state index in [0.29, 0.717) is 5.15 Å². The fourth-order valence-corrected chi connectivity index (χ4v) is 2.76. The molecular weight excluding hydrogens is 286 g/mol. The minimum Gasteiger partial charge on any atom is -0.493 e. The summed E-state index contributed by atoms with van der Waals surface area (Å²) < 4.78 is 5.53. The van der Waals surface area contributed by atoms with Gasteiger partial charge in [-0.25, -0.2) is 4.98 Å². The lowest BCUT2D eigenvalue weighted by molar-refractivity contribution is 0.357. The molecule has 1 unspecified atom stereocenters. The Balaban J connectivity index is 1.66. The number of ether oxygens (including phenoxy) is 1. The van der Waals surface area contributed by atoms with Crippen molar-refractivity contribution in [1.82, 2.24) is 10.4 Å². The highest BCUT2D eigenvalue weighted by molar-refractivity contribution is 6.29. The molecule has 0 saturated heterocycles. The fraction of sp³-hybridized carbons (Fsp3) is 0.312. The zero-order chi connectivity index (χ0) is 14.7. The second kappa shape index (κ2) is 6.43. The highest BCUT2D eigenvalue weighted by Crippen LogP contribution is 2.27. The zero-order valence-electron chi connectivity index (χ0n) is 11.7. The summed E-state index contributed by atoms with van der Waals surface area (Å²) in [5, 5.41) is 0.494. The molecule has 3 rings (SSSR count). The Kier molecular flexibility index (Phi) is 4.39. The first-order chi connectivity index (χ1) is 10.3. The Morgan fingerprint density at radius 1 is 1.33 bits per heavy atom. The van der Waals surface area contributed by atoms with Crippen molar-refractivity contribution in [1.29, 1.82) is 0 Å². The van der Waals surface area contributed by atoms with E-state index in [2.05, 4.69) is 28.6 Å². The van der Waals surface area contributed by atoms with Crippen molar-refractivity contribution in [3.05, 3.63) is 58.4 Å². The third-order valence-corrected chi connectivity index (χ3v) is 4.05. The van der Waals surface area contributed by atoms with Gasteiger partial charge in [0.1, 0.15) is 10.9 Å². The molecule has 1 aliphatic heterocycles. The van der Waals surface area contributed by atoms with E-state index in [1.54, 1.807) is 12.3 Å². The molecule has 3 N–H and O–H groups in total. The Morgan fingerprint density at radius 2 is 2.24 bits per heavy atom. The van der Waals surface area contributed by atoms with Gasteiger partial charge in [-0.3, -0.25) is 11.3 Å². The van der Waals surface area contributed by atoms with E-state index in [4.69, 9.17) is 22.2 Å². The fourth-order valence-electron chi connectivity index (χ4n) is 2.65. The van der Waals surface area contributed by atoms with E-state index >= 15 is 0 Å². The summed E-state index contributed by atoms with van der Waals surface area (Å²) in [6, 6.07) is 10.2. The average molecular weight is 304 g/mol. The van der Waals surface area contributed by atoms with E-state index in [0.717, 1.165) is 37.2 Å². The van der Waals surface area contributed by atoms with Crippen molar-refractivity contribution < 1.29 is 4.74 Å². The maximum atomic E-state index is 5.81. The molecule has 5 heteroatoms. The summed E-state index contributed by atoms with van der Waals surface area (Å²) in [6.07, 6.45) is 4.62. The summed E-state index contributed by atoms with van der Waals surface area (Å²) >= 11 is 5.81. The van der Waals surface area contributed by atoms with Crippen LogP contribution < -0.4 is 16.0 Å². The van der Waals surface area contributed by atoms with Crippen molar-refractivity contribution in [2.45, 2.75) is 25.3 Å². The van der Waals surface area contributed by atoms with Crippen LogP contribution in [-0.4, -0.2) is 11.6 Å². The zero-order valence-corrected chi connectivity index (χ0v) is 12.4. The van der Waals surface area contributed by atoms with Crippen molar-refractivity contribution in [3.8, 4) is 5.75 Å². The lowest BCUT2D eigenvalue weighted by atomic mass is 9.99. The Hall–Kier alpha value is -1.62. The number of pyridine rings is 1. The van der Waals surface area contributed by atoms with E-state index in [1.165, 1.54) is 11.1 Å². The minimum atomic E-state index is 0.0688. The van der Waals surface area contributed by atoms with Gasteiger partial charge in [0, 0.05) is 18.7 Å². The number of nitrogens with two attached hydrogens (primary N) is 1. The van der Waals surface area contributed by atoms with Crippen LogP contribution in [0.4, 0.5) is 0 Å². The van der Waals surface area contributed by atoms with Crippen molar-refractivity contribution in [2.24, 2.45) is 5.84 Å². The number of hydrazine groups is 1. The number of hydrogen-bond donors (Lipinski definition) is 2. The monoisotopic (exact) mass is 303 g/mol.